The fraction of sp³-hybridized carbons (Fsp3) is 0.136. The summed E-state index contributed by atoms with van der Waals surface area (Å²) >= 11 is 16.2. The van der Waals surface area contributed by atoms with Crippen LogP contribution in [-0.2, 0) is 0 Å². The second-order valence-corrected chi connectivity index (χ2v) is 8.74. The first-order valence-corrected chi connectivity index (χ1v) is 10.6. The van der Waals surface area contributed by atoms with E-state index in [0.717, 1.165) is 26.9 Å². The van der Waals surface area contributed by atoms with Crippen molar-refractivity contribution in [3.63, 3.8) is 0 Å². The standard InChI is InChI=1S/C22H14BrCl2FN2O/c23-14-5-1-13(2-6-14)22-28-20(17-9-15(24)10-18(25)21(17)29-22)11-19(27-28)12-3-7-16(26)8-4-12/h1-10,20,22H,11H2. The number of benzene rings is 3. The Morgan fingerprint density at radius 3 is 2.48 bits per heavy atom. The van der Waals surface area contributed by atoms with Gasteiger partial charge in [-0.25, -0.2) is 9.40 Å². The zero-order valence-electron chi connectivity index (χ0n) is 14.9. The maximum Gasteiger partial charge on any atom is 0.213 e. The quantitative estimate of drug-likeness (QED) is 0.380. The predicted octanol–water partition coefficient (Wildman–Crippen LogP) is 7.14. The van der Waals surface area contributed by atoms with E-state index in [-0.39, 0.29) is 11.9 Å². The van der Waals surface area contributed by atoms with Crippen LogP contribution in [0, 0.1) is 5.82 Å². The van der Waals surface area contributed by atoms with E-state index in [4.69, 9.17) is 33.0 Å². The Bertz CT molecular complexity index is 1120. The van der Waals surface area contributed by atoms with Crippen LogP contribution >= 0.6 is 39.1 Å². The zero-order chi connectivity index (χ0) is 20.1. The van der Waals surface area contributed by atoms with Gasteiger partial charge in [-0.05, 0) is 42.0 Å². The maximum absolute atomic E-state index is 13.4. The third kappa shape index (κ3) is 3.41. The molecule has 0 amide bonds. The molecular formula is C22H14BrCl2FN2O. The van der Waals surface area contributed by atoms with Gasteiger partial charge in [-0.15, -0.1) is 0 Å². The van der Waals surface area contributed by atoms with Crippen LogP contribution < -0.4 is 4.74 Å². The van der Waals surface area contributed by atoms with Crippen molar-refractivity contribution in [2.24, 2.45) is 5.10 Å². The molecule has 5 rings (SSSR count). The predicted molar refractivity (Wildman–Crippen MR) is 116 cm³/mol. The van der Waals surface area contributed by atoms with Gasteiger partial charge >= 0.3 is 0 Å². The van der Waals surface area contributed by atoms with E-state index in [9.17, 15) is 4.39 Å². The highest BCUT2D eigenvalue weighted by Gasteiger charge is 2.42. The summed E-state index contributed by atoms with van der Waals surface area (Å²) in [6, 6.07) is 17.8. The molecule has 0 bridgehead atoms. The van der Waals surface area contributed by atoms with Crippen LogP contribution in [0.3, 0.4) is 0 Å². The van der Waals surface area contributed by atoms with Crippen LogP contribution in [0.2, 0.25) is 10.0 Å². The third-order valence-electron chi connectivity index (χ3n) is 5.14. The molecule has 0 aromatic heterocycles. The molecule has 0 spiro atoms. The molecule has 2 aliphatic rings. The van der Waals surface area contributed by atoms with Gasteiger partial charge in [-0.2, -0.15) is 5.10 Å². The number of hydrogen-bond acceptors (Lipinski definition) is 3. The molecule has 146 valence electrons. The van der Waals surface area contributed by atoms with Crippen molar-refractivity contribution in [3.8, 4) is 5.75 Å². The zero-order valence-corrected chi connectivity index (χ0v) is 18.0. The van der Waals surface area contributed by atoms with E-state index in [2.05, 4.69) is 15.9 Å². The molecule has 2 aliphatic heterocycles. The van der Waals surface area contributed by atoms with E-state index in [0.29, 0.717) is 22.2 Å². The molecule has 3 aromatic carbocycles. The van der Waals surface area contributed by atoms with Gasteiger partial charge in [-0.1, -0.05) is 63.4 Å². The molecule has 7 heteroatoms. The molecule has 3 nitrogen and oxygen atoms in total. The summed E-state index contributed by atoms with van der Waals surface area (Å²) in [6.45, 7) is 0. The Morgan fingerprint density at radius 1 is 1.03 bits per heavy atom. The van der Waals surface area contributed by atoms with Gasteiger partial charge in [0, 0.05) is 27.0 Å². The molecule has 0 aliphatic carbocycles. The van der Waals surface area contributed by atoms with Crippen LogP contribution in [0.1, 0.15) is 35.4 Å². The lowest BCUT2D eigenvalue weighted by Crippen LogP contribution is -2.33. The number of fused-ring (bicyclic) bond motifs is 3. The van der Waals surface area contributed by atoms with Gasteiger partial charge in [0.25, 0.3) is 0 Å². The number of hydrogen-bond donors (Lipinski definition) is 0. The second-order valence-electron chi connectivity index (χ2n) is 6.98. The maximum atomic E-state index is 13.4. The van der Waals surface area contributed by atoms with Crippen molar-refractivity contribution in [2.45, 2.75) is 18.7 Å². The molecule has 0 fully saturated rings. The summed E-state index contributed by atoms with van der Waals surface area (Å²) in [5.41, 5.74) is 3.60. The average molecular weight is 492 g/mol. The van der Waals surface area contributed by atoms with E-state index in [1.54, 1.807) is 18.2 Å². The number of halogens is 4. The van der Waals surface area contributed by atoms with Crippen molar-refractivity contribution < 1.29 is 9.13 Å². The average Bonchev–Trinajstić information content (AvgIpc) is 3.14. The first-order valence-electron chi connectivity index (χ1n) is 9.02. The summed E-state index contributed by atoms with van der Waals surface area (Å²) < 4.78 is 20.7. The van der Waals surface area contributed by atoms with Gasteiger partial charge in [-0.3, -0.25) is 0 Å². The normalized spacial score (nSPS) is 20.0. The first kappa shape index (κ1) is 18.9. The van der Waals surface area contributed by atoms with Crippen LogP contribution in [0.25, 0.3) is 0 Å². The molecule has 0 N–H and O–H groups in total. The highest BCUT2D eigenvalue weighted by Crippen LogP contribution is 2.50. The van der Waals surface area contributed by atoms with Crippen LogP contribution in [0.5, 0.6) is 5.75 Å². The SMILES string of the molecule is Fc1ccc(C2=NN3C(C2)c2cc(Cl)cc(Cl)c2OC3c2ccc(Br)cc2)cc1. The summed E-state index contributed by atoms with van der Waals surface area (Å²) in [7, 11) is 0. The third-order valence-corrected chi connectivity index (χ3v) is 6.17. The molecule has 0 radical (unpaired) electrons. The summed E-state index contributed by atoms with van der Waals surface area (Å²) in [4.78, 5) is 0. The van der Waals surface area contributed by atoms with Gasteiger partial charge < -0.3 is 4.74 Å². The lowest BCUT2D eigenvalue weighted by atomic mass is 9.96. The highest BCUT2D eigenvalue weighted by atomic mass is 79.9. The Hall–Kier alpha value is -2.08. The molecule has 0 saturated carbocycles. The molecule has 2 atom stereocenters. The van der Waals surface area contributed by atoms with E-state index in [1.165, 1.54) is 12.1 Å². The van der Waals surface area contributed by atoms with E-state index >= 15 is 0 Å². The summed E-state index contributed by atoms with van der Waals surface area (Å²) in [5.74, 6) is 0.353. The molecule has 2 unspecified atom stereocenters. The van der Waals surface area contributed by atoms with Crippen LogP contribution in [-0.4, -0.2) is 10.7 Å². The van der Waals surface area contributed by atoms with Crippen molar-refractivity contribution in [2.75, 3.05) is 0 Å². The van der Waals surface area contributed by atoms with Gasteiger partial charge in [0.2, 0.25) is 6.23 Å². The smallest absolute Gasteiger partial charge is 0.213 e. The molecule has 29 heavy (non-hydrogen) atoms. The summed E-state index contributed by atoms with van der Waals surface area (Å²) in [6.07, 6.45) is 0.211. The fourth-order valence-corrected chi connectivity index (χ4v) is 4.60. The van der Waals surface area contributed by atoms with Crippen LogP contribution in [0.4, 0.5) is 4.39 Å². The number of hydrazone groups is 1. The Labute approximate surface area is 185 Å². The van der Waals surface area contributed by atoms with Gasteiger partial charge in [0.1, 0.15) is 11.6 Å². The Balaban J connectivity index is 1.62. The molecule has 2 heterocycles. The van der Waals surface area contributed by atoms with E-state index in [1.807, 2.05) is 35.3 Å². The van der Waals surface area contributed by atoms with Crippen molar-refractivity contribution in [1.82, 2.24) is 5.01 Å². The van der Waals surface area contributed by atoms with Gasteiger partial charge in [0.05, 0.1) is 16.8 Å². The highest BCUT2D eigenvalue weighted by molar-refractivity contribution is 9.10. The van der Waals surface area contributed by atoms with E-state index < -0.39 is 6.23 Å². The Kier molecular flexibility index (Phi) is 4.77. The number of ether oxygens (including phenoxy) is 1. The topological polar surface area (TPSA) is 24.8 Å². The first-order chi connectivity index (χ1) is 14.0. The van der Waals surface area contributed by atoms with Gasteiger partial charge in [0.15, 0.2) is 0 Å². The molecule has 0 saturated heterocycles. The minimum atomic E-state index is -0.433. The van der Waals surface area contributed by atoms with Crippen molar-refractivity contribution in [1.29, 1.82) is 0 Å². The van der Waals surface area contributed by atoms with Crippen molar-refractivity contribution in [3.05, 3.63) is 97.7 Å². The van der Waals surface area contributed by atoms with Crippen LogP contribution in [0.15, 0.2) is 70.2 Å². The largest absolute Gasteiger partial charge is 0.463 e. The minimum absolute atomic E-state index is 0.0800. The lowest BCUT2D eigenvalue weighted by Gasteiger charge is -2.38. The fourth-order valence-electron chi connectivity index (χ4n) is 3.78. The Morgan fingerprint density at radius 2 is 1.76 bits per heavy atom. The molecule has 3 aromatic rings. The monoisotopic (exact) mass is 490 g/mol. The number of nitrogens with zero attached hydrogens (tertiary/aromatic N) is 2. The minimum Gasteiger partial charge on any atom is -0.463 e. The second kappa shape index (κ2) is 7.31. The van der Waals surface area contributed by atoms with Crippen molar-refractivity contribution >= 4 is 44.8 Å². The number of rotatable bonds is 2. The molecular weight excluding hydrogens is 478 g/mol. The summed E-state index contributed by atoms with van der Waals surface area (Å²) in [5, 5.41) is 7.82. The lowest BCUT2D eigenvalue weighted by molar-refractivity contribution is -0.0189.